The van der Waals surface area contributed by atoms with Crippen molar-refractivity contribution < 1.29 is 4.74 Å². The Bertz CT molecular complexity index is 404. The van der Waals surface area contributed by atoms with Crippen LogP contribution in [0.3, 0.4) is 0 Å². The highest BCUT2D eigenvalue weighted by Crippen LogP contribution is 2.22. The molecule has 1 aromatic heterocycles. The average molecular weight is 265 g/mol. The van der Waals surface area contributed by atoms with Crippen LogP contribution in [0.15, 0.2) is 0 Å². The first-order valence-corrected chi connectivity index (χ1v) is 6.88. The zero-order chi connectivity index (χ0) is 14.6. The first kappa shape index (κ1) is 16.1. The molecular weight excluding hydrogens is 238 g/mol. The third-order valence-corrected chi connectivity index (χ3v) is 3.32. The van der Waals surface area contributed by atoms with Crippen LogP contribution in [0.1, 0.15) is 50.5 Å². The van der Waals surface area contributed by atoms with Gasteiger partial charge in [0.2, 0.25) is 0 Å². The molecule has 0 spiro atoms. The van der Waals surface area contributed by atoms with Gasteiger partial charge in [-0.05, 0) is 40.2 Å². The largest absolute Gasteiger partial charge is 0.371 e. The molecule has 0 amide bonds. The lowest BCUT2D eigenvalue weighted by atomic mass is 10.1. The molecule has 0 unspecified atom stereocenters. The minimum atomic E-state index is -0.445. The van der Waals surface area contributed by atoms with Crippen molar-refractivity contribution in [1.29, 1.82) is 0 Å². The molecule has 0 aliphatic rings. The third-order valence-electron chi connectivity index (χ3n) is 3.32. The van der Waals surface area contributed by atoms with Crippen LogP contribution >= 0.6 is 0 Å². The summed E-state index contributed by atoms with van der Waals surface area (Å²) in [4.78, 5) is 9.20. The summed E-state index contributed by atoms with van der Waals surface area (Å²) in [6.45, 7) is 14.3. The standard InChI is InChI=1S/C15H27N3O/c1-10(2)8-16-9-13-11(3)17-14(18-12(13)4)15(5,6)19-7/h10,16H,8-9H2,1-7H3. The Morgan fingerprint density at radius 2 is 1.68 bits per heavy atom. The molecule has 4 heteroatoms. The molecule has 0 aliphatic carbocycles. The van der Waals surface area contributed by atoms with Crippen LogP contribution in [0.5, 0.6) is 0 Å². The molecule has 108 valence electrons. The highest BCUT2D eigenvalue weighted by atomic mass is 16.5. The molecule has 4 nitrogen and oxygen atoms in total. The molecule has 0 saturated heterocycles. The lowest BCUT2D eigenvalue weighted by Gasteiger charge is -2.23. The topological polar surface area (TPSA) is 47.0 Å². The molecule has 0 fully saturated rings. The molecule has 19 heavy (non-hydrogen) atoms. The van der Waals surface area contributed by atoms with Crippen molar-refractivity contribution in [3.63, 3.8) is 0 Å². The summed E-state index contributed by atoms with van der Waals surface area (Å²) in [5.41, 5.74) is 2.81. The molecule has 1 N–H and O–H groups in total. The van der Waals surface area contributed by atoms with Crippen molar-refractivity contribution in [2.75, 3.05) is 13.7 Å². The van der Waals surface area contributed by atoms with Gasteiger partial charge in [-0.15, -0.1) is 0 Å². The highest BCUT2D eigenvalue weighted by molar-refractivity contribution is 5.25. The lowest BCUT2D eigenvalue weighted by Crippen LogP contribution is -2.26. The number of methoxy groups -OCH3 is 1. The van der Waals surface area contributed by atoms with Crippen LogP contribution in [-0.2, 0) is 16.9 Å². The number of nitrogens with zero attached hydrogens (tertiary/aromatic N) is 2. The number of ether oxygens (including phenoxy) is 1. The maximum Gasteiger partial charge on any atom is 0.160 e. The van der Waals surface area contributed by atoms with E-state index < -0.39 is 5.60 Å². The summed E-state index contributed by atoms with van der Waals surface area (Å²) in [5, 5.41) is 3.44. The fourth-order valence-electron chi connectivity index (χ4n) is 1.84. The van der Waals surface area contributed by atoms with E-state index in [0.29, 0.717) is 5.92 Å². The van der Waals surface area contributed by atoms with Gasteiger partial charge in [0.15, 0.2) is 5.82 Å². The predicted octanol–water partition coefficient (Wildman–Crippen LogP) is 2.72. The van der Waals surface area contributed by atoms with Crippen LogP contribution < -0.4 is 5.32 Å². The Hall–Kier alpha value is -1.00. The van der Waals surface area contributed by atoms with Gasteiger partial charge in [-0.3, -0.25) is 0 Å². The lowest BCUT2D eigenvalue weighted by molar-refractivity contribution is 0.0111. The van der Waals surface area contributed by atoms with Gasteiger partial charge < -0.3 is 10.1 Å². The van der Waals surface area contributed by atoms with Crippen LogP contribution in [0.4, 0.5) is 0 Å². The molecule has 1 aromatic rings. The van der Waals surface area contributed by atoms with Crippen molar-refractivity contribution in [2.24, 2.45) is 5.92 Å². The zero-order valence-corrected chi connectivity index (χ0v) is 13.3. The van der Waals surface area contributed by atoms with E-state index >= 15 is 0 Å². The molecule has 0 bridgehead atoms. The Morgan fingerprint density at radius 3 is 2.11 bits per heavy atom. The fourth-order valence-corrected chi connectivity index (χ4v) is 1.84. The molecule has 0 saturated carbocycles. The normalized spacial score (nSPS) is 12.2. The van der Waals surface area contributed by atoms with E-state index in [9.17, 15) is 0 Å². The van der Waals surface area contributed by atoms with Crippen molar-refractivity contribution in [2.45, 2.75) is 53.7 Å². The van der Waals surface area contributed by atoms with E-state index in [2.05, 4.69) is 29.1 Å². The smallest absolute Gasteiger partial charge is 0.160 e. The number of hydrogen-bond donors (Lipinski definition) is 1. The predicted molar refractivity (Wildman–Crippen MR) is 78.1 cm³/mol. The summed E-state index contributed by atoms with van der Waals surface area (Å²) in [6.07, 6.45) is 0. The van der Waals surface area contributed by atoms with Crippen LogP contribution in [-0.4, -0.2) is 23.6 Å². The first-order valence-electron chi connectivity index (χ1n) is 6.88. The SMILES string of the molecule is COC(C)(C)c1nc(C)c(CNCC(C)C)c(C)n1. The monoisotopic (exact) mass is 265 g/mol. The number of aromatic nitrogens is 2. The second-order valence-electron chi connectivity index (χ2n) is 5.94. The van der Waals surface area contributed by atoms with Gasteiger partial charge in [-0.2, -0.15) is 0 Å². The van der Waals surface area contributed by atoms with Gasteiger partial charge >= 0.3 is 0 Å². The molecular formula is C15H27N3O. The fraction of sp³-hybridized carbons (Fsp3) is 0.733. The van der Waals surface area contributed by atoms with Gasteiger partial charge in [-0.1, -0.05) is 13.8 Å². The number of nitrogens with one attached hydrogen (secondary N) is 1. The second-order valence-corrected chi connectivity index (χ2v) is 5.94. The Kier molecular flexibility index (Phi) is 5.44. The number of rotatable bonds is 6. The summed E-state index contributed by atoms with van der Waals surface area (Å²) in [7, 11) is 1.69. The quantitative estimate of drug-likeness (QED) is 0.859. The van der Waals surface area contributed by atoms with Crippen LogP contribution in [0.2, 0.25) is 0 Å². The second kappa shape index (κ2) is 6.44. The molecule has 1 heterocycles. The Balaban J connectivity index is 2.92. The van der Waals surface area contributed by atoms with Gasteiger partial charge in [0.25, 0.3) is 0 Å². The van der Waals surface area contributed by atoms with Crippen molar-refractivity contribution in [3.05, 3.63) is 22.8 Å². The van der Waals surface area contributed by atoms with Crippen molar-refractivity contribution >= 4 is 0 Å². The number of hydrogen-bond acceptors (Lipinski definition) is 4. The first-order chi connectivity index (χ1) is 8.77. The minimum Gasteiger partial charge on any atom is -0.371 e. The van der Waals surface area contributed by atoms with E-state index in [1.54, 1.807) is 7.11 Å². The van der Waals surface area contributed by atoms with E-state index in [4.69, 9.17) is 4.74 Å². The van der Waals surface area contributed by atoms with Gasteiger partial charge in [0.05, 0.1) is 0 Å². The molecule has 0 radical (unpaired) electrons. The summed E-state index contributed by atoms with van der Waals surface area (Å²) in [6, 6.07) is 0. The van der Waals surface area contributed by atoms with E-state index in [1.807, 2.05) is 27.7 Å². The van der Waals surface area contributed by atoms with Crippen molar-refractivity contribution in [1.82, 2.24) is 15.3 Å². The van der Waals surface area contributed by atoms with Crippen LogP contribution in [0.25, 0.3) is 0 Å². The van der Waals surface area contributed by atoms with E-state index in [1.165, 1.54) is 5.56 Å². The summed E-state index contributed by atoms with van der Waals surface area (Å²) < 4.78 is 5.45. The average Bonchev–Trinajstić information content (AvgIpc) is 2.32. The van der Waals surface area contributed by atoms with Gasteiger partial charge in [0, 0.05) is 30.6 Å². The highest BCUT2D eigenvalue weighted by Gasteiger charge is 2.24. The maximum atomic E-state index is 5.45. The molecule has 0 aliphatic heterocycles. The van der Waals surface area contributed by atoms with E-state index in [-0.39, 0.29) is 0 Å². The van der Waals surface area contributed by atoms with Gasteiger partial charge in [-0.25, -0.2) is 9.97 Å². The summed E-state index contributed by atoms with van der Waals surface area (Å²) in [5.74, 6) is 1.39. The molecule has 0 atom stereocenters. The minimum absolute atomic E-state index is 0.445. The summed E-state index contributed by atoms with van der Waals surface area (Å²) >= 11 is 0. The Labute approximate surface area is 117 Å². The maximum absolute atomic E-state index is 5.45. The number of aryl methyl sites for hydroxylation is 2. The third kappa shape index (κ3) is 4.25. The molecule has 1 rings (SSSR count). The molecule has 0 aromatic carbocycles. The van der Waals surface area contributed by atoms with E-state index in [0.717, 1.165) is 30.3 Å². The van der Waals surface area contributed by atoms with Crippen LogP contribution in [0, 0.1) is 19.8 Å². The zero-order valence-electron chi connectivity index (χ0n) is 13.3. The Morgan fingerprint density at radius 1 is 1.16 bits per heavy atom. The van der Waals surface area contributed by atoms with Crippen molar-refractivity contribution in [3.8, 4) is 0 Å². The van der Waals surface area contributed by atoms with Gasteiger partial charge in [0.1, 0.15) is 5.60 Å².